The lowest BCUT2D eigenvalue weighted by atomic mass is 10.3. The highest BCUT2D eigenvalue weighted by Gasteiger charge is 2.15. The summed E-state index contributed by atoms with van der Waals surface area (Å²) in [5, 5.41) is 0.649. The van der Waals surface area contributed by atoms with Crippen molar-refractivity contribution >= 4 is 45.6 Å². The van der Waals surface area contributed by atoms with Crippen LogP contribution in [0.25, 0.3) is 0 Å². The van der Waals surface area contributed by atoms with Crippen LogP contribution in [-0.4, -0.2) is 61.1 Å². The number of hydrogen-bond acceptors (Lipinski definition) is 5. The summed E-state index contributed by atoms with van der Waals surface area (Å²) >= 11 is 18.2. The molecule has 1 fully saturated rings. The zero-order valence-corrected chi connectivity index (χ0v) is 20.2. The van der Waals surface area contributed by atoms with Crippen molar-refractivity contribution in [3.63, 3.8) is 0 Å². The van der Waals surface area contributed by atoms with E-state index in [0.717, 1.165) is 45.0 Å². The van der Waals surface area contributed by atoms with Gasteiger partial charge >= 0.3 is 0 Å². The lowest BCUT2D eigenvalue weighted by Crippen LogP contribution is -2.37. The maximum absolute atomic E-state index is 12.9. The van der Waals surface area contributed by atoms with E-state index in [1.165, 1.54) is 0 Å². The Labute approximate surface area is 201 Å². The molecule has 1 atom stereocenters. The van der Waals surface area contributed by atoms with Crippen molar-refractivity contribution in [2.45, 2.75) is 22.6 Å². The first-order valence-corrected chi connectivity index (χ1v) is 12.6. The quantitative estimate of drug-likeness (QED) is 0.307. The van der Waals surface area contributed by atoms with Crippen LogP contribution in [0.2, 0.25) is 10.0 Å². The van der Waals surface area contributed by atoms with Crippen LogP contribution < -0.4 is 9.47 Å². The van der Waals surface area contributed by atoms with Gasteiger partial charge in [0.25, 0.3) is 0 Å². The summed E-state index contributed by atoms with van der Waals surface area (Å²) in [5.74, 6) is 1.63. The summed E-state index contributed by atoms with van der Waals surface area (Å²) in [6.07, 6.45) is 1.63. The van der Waals surface area contributed by atoms with Crippen molar-refractivity contribution in [3.8, 4) is 11.5 Å². The van der Waals surface area contributed by atoms with Gasteiger partial charge in [-0.25, -0.2) is 4.21 Å². The molecule has 170 valence electrons. The fourth-order valence-electron chi connectivity index (χ4n) is 3.11. The average Bonchev–Trinajstić information content (AvgIpc) is 2.79. The largest absolute Gasteiger partial charge is 0.494 e. The molecule has 31 heavy (non-hydrogen) atoms. The molecule has 5 nitrogen and oxygen atoms in total. The molecule has 2 aromatic rings. The number of morpholine rings is 1. The molecule has 1 aliphatic heterocycles. The third-order valence-corrected chi connectivity index (χ3v) is 6.93. The minimum absolute atomic E-state index is 0.325. The highest BCUT2D eigenvalue weighted by Crippen LogP contribution is 2.36. The molecule has 0 N–H and O–H groups in total. The van der Waals surface area contributed by atoms with Crippen LogP contribution in [-0.2, 0) is 15.5 Å². The topological polar surface area (TPSA) is 48.0 Å². The number of ether oxygens (including phenoxy) is 3. The molecular formula is C22H26Cl3NO4S. The standard InChI is InChI=1S/C22H26Cl3NO4S/c23-7-1-11-30-22-20(24)15-19(16-21(22)25)31(27)18-5-3-17(4-6-18)29-12-2-8-26-9-13-28-14-10-26/h3-6,15-16H,1-2,7-14H2. The first kappa shape index (κ1) is 24.6. The molecule has 1 saturated heterocycles. The van der Waals surface area contributed by atoms with E-state index in [1.807, 2.05) is 12.1 Å². The van der Waals surface area contributed by atoms with Gasteiger partial charge < -0.3 is 14.2 Å². The molecule has 2 aromatic carbocycles. The Morgan fingerprint density at radius 3 is 2.23 bits per heavy atom. The van der Waals surface area contributed by atoms with E-state index in [9.17, 15) is 4.21 Å². The van der Waals surface area contributed by atoms with E-state index < -0.39 is 10.8 Å². The number of hydrogen-bond donors (Lipinski definition) is 0. The van der Waals surface area contributed by atoms with E-state index in [-0.39, 0.29) is 0 Å². The Bertz CT molecular complexity index is 837. The van der Waals surface area contributed by atoms with Crippen molar-refractivity contribution < 1.29 is 18.4 Å². The second-order valence-corrected chi connectivity index (χ2v) is 9.68. The molecule has 0 saturated carbocycles. The molecule has 3 rings (SSSR count). The van der Waals surface area contributed by atoms with Gasteiger partial charge in [-0.3, -0.25) is 4.90 Å². The van der Waals surface area contributed by atoms with Crippen LogP contribution in [0, 0.1) is 0 Å². The van der Waals surface area contributed by atoms with Crippen LogP contribution in [0.3, 0.4) is 0 Å². The predicted octanol–water partition coefficient (Wildman–Crippen LogP) is 5.27. The van der Waals surface area contributed by atoms with E-state index in [4.69, 9.17) is 49.0 Å². The predicted molar refractivity (Wildman–Crippen MR) is 126 cm³/mol. The van der Waals surface area contributed by atoms with Crippen LogP contribution >= 0.6 is 34.8 Å². The molecule has 0 spiro atoms. The van der Waals surface area contributed by atoms with Gasteiger partial charge in [-0.1, -0.05) is 23.2 Å². The first-order valence-electron chi connectivity index (χ1n) is 10.2. The molecule has 0 aromatic heterocycles. The van der Waals surface area contributed by atoms with E-state index in [1.54, 1.807) is 24.3 Å². The number of benzene rings is 2. The van der Waals surface area contributed by atoms with E-state index >= 15 is 0 Å². The normalized spacial score (nSPS) is 15.6. The second kappa shape index (κ2) is 12.9. The van der Waals surface area contributed by atoms with Gasteiger partial charge in [0.15, 0.2) is 5.75 Å². The van der Waals surface area contributed by atoms with Gasteiger partial charge in [0, 0.05) is 35.3 Å². The number of nitrogens with zero attached hydrogens (tertiary/aromatic N) is 1. The van der Waals surface area contributed by atoms with Gasteiger partial charge in [-0.05, 0) is 49.2 Å². The molecule has 1 heterocycles. The summed E-state index contributed by atoms with van der Waals surface area (Å²) in [6, 6.07) is 10.5. The highest BCUT2D eigenvalue weighted by molar-refractivity contribution is 7.85. The minimum Gasteiger partial charge on any atom is -0.494 e. The molecule has 0 amide bonds. The van der Waals surface area contributed by atoms with Crippen molar-refractivity contribution in [1.82, 2.24) is 4.90 Å². The third-order valence-electron chi connectivity index (χ3n) is 4.74. The van der Waals surface area contributed by atoms with Gasteiger partial charge in [-0.2, -0.15) is 0 Å². The Balaban J connectivity index is 1.53. The monoisotopic (exact) mass is 505 g/mol. The molecule has 1 aliphatic rings. The van der Waals surface area contributed by atoms with Crippen molar-refractivity contribution in [1.29, 1.82) is 0 Å². The zero-order valence-electron chi connectivity index (χ0n) is 17.2. The number of halogens is 3. The minimum atomic E-state index is -1.42. The fraction of sp³-hybridized carbons (Fsp3) is 0.455. The Kier molecular flexibility index (Phi) is 10.2. The average molecular weight is 507 g/mol. The van der Waals surface area contributed by atoms with E-state index in [2.05, 4.69) is 4.90 Å². The van der Waals surface area contributed by atoms with Crippen molar-refractivity contribution in [2.24, 2.45) is 0 Å². The Hall–Kier alpha value is -1.02. The van der Waals surface area contributed by atoms with Gasteiger partial charge in [0.1, 0.15) is 5.75 Å². The summed E-state index contributed by atoms with van der Waals surface area (Å²) in [7, 11) is -1.42. The summed E-state index contributed by atoms with van der Waals surface area (Å²) < 4.78 is 29.7. The van der Waals surface area contributed by atoms with Crippen LogP contribution in [0.4, 0.5) is 0 Å². The molecule has 9 heteroatoms. The summed E-state index contributed by atoms with van der Waals surface area (Å²) in [5.41, 5.74) is 0. The third kappa shape index (κ3) is 7.52. The Morgan fingerprint density at radius 1 is 0.935 bits per heavy atom. The maximum atomic E-state index is 12.9. The van der Waals surface area contributed by atoms with Crippen LogP contribution in [0.1, 0.15) is 12.8 Å². The van der Waals surface area contributed by atoms with Gasteiger partial charge in [-0.15, -0.1) is 11.6 Å². The summed E-state index contributed by atoms with van der Waals surface area (Å²) in [4.78, 5) is 3.53. The molecule has 0 aliphatic carbocycles. The maximum Gasteiger partial charge on any atom is 0.156 e. The number of rotatable bonds is 11. The highest BCUT2D eigenvalue weighted by atomic mass is 35.5. The molecule has 0 bridgehead atoms. The lowest BCUT2D eigenvalue weighted by Gasteiger charge is -2.26. The number of alkyl halides is 1. The lowest BCUT2D eigenvalue weighted by molar-refractivity contribution is 0.0358. The molecule has 0 radical (unpaired) electrons. The smallest absolute Gasteiger partial charge is 0.156 e. The van der Waals surface area contributed by atoms with Gasteiger partial charge in [0.2, 0.25) is 0 Å². The zero-order chi connectivity index (χ0) is 22.1. The second-order valence-electron chi connectivity index (χ2n) is 7.00. The SMILES string of the molecule is O=S(c1ccc(OCCCN2CCOCC2)cc1)c1cc(Cl)c(OCCCCl)c(Cl)c1. The van der Waals surface area contributed by atoms with Crippen molar-refractivity contribution in [2.75, 3.05) is 51.9 Å². The summed E-state index contributed by atoms with van der Waals surface area (Å²) in [6.45, 7) is 5.62. The van der Waals surface area contributed by atoms with Gasteiger partial charge in [0.05, 0.1) is 47.3 Å². The van der Waals surface area contributed by atoms with E-state index in [0.29, 0.717) is 51.1 Å². The van der Waals surface area contributed by atoms with Crippen LogP contribution in [0.5, 0.6) is 11.5 Å². The first-order chi connectivity index (χ1) is 15.1. The molecule has 1 unspecified atom stereocenters. The Morgan fingerprint density at radius 2 is 1.58 bits per heavy atom. The molecular weight excluding hydrogens is 481 g/mol. The fourth-order valence-corrected chi connectivity index (χ4v) is 5.05. The van der Waals surface area contributed by atoms with Crippen LogP contribution in [0.15, 0.2) is 46.2 Å². The van der Waals surface area contributed by atoms with Crippen molar-refractivity contribution in [3.05, 3.63) is 46.4 Å².